The van der Waals surface area contributed by atoms with Gasteiger partial charge >= 0.3 is 0 Å². The number of nitrogens with one attached hydrogen (secondary N) is 1. The third-order valence-corrected chi connectivity index (χ3v) is 4.13. The Morgan fingerprint density at radius 1 is 1.44 bits per heavy atom. The van der Waals surface area contributed by atoms with Gasteiger partial charge in [0, 0.05) is 6.54 Å². The van der Waals surface area contributed by atoms with Crippen molar-refractivity contribution in [2.45, 2.75) is 25.6 Å². The number of nitrogens with zero attached hydrogens (tertiary/aromatic N) is 1. The molecule has 0 spiro atoms. The highest BCUT2D eigenvalue weighted by Crippen LogP contribution is 2.16. The predicted octanol–water partition coefficient (Wildman–Crippen LogP) is 2.57. The molecule has 0 aromatic carbocycles. The summed E-state index contributed by atoms with van der Waals surface area (Å²) in [6.45, 7) is 7.91. The highest BCUT2D eigenvalue weighted by molar-refractivity contribution is 7.97. The Labute approximate surface area is 114 Å². The van der Waals surface area contributed by atoms with Crippen molar-refractivity contribution in [3.05, 3.63) is 23.7 Å². The fourth-order valence-corrected chi connectivity index (χ4v) is 2.94. The van der Waals surface area contributed by atoms with E-state index in [4.69, 9.17) is 4.42 Å². The van der Waals surface area contributed by atoms with Gasteiger partial charge in [0.15, 0.2) is 0 Å². The van der Waals surface area contributed by atoms with Gasteiger partial charge in [0.1, 0.15) is 11.5 Å². The molecule has 0 saturated carbocycles. The molecule has 0 radical (unpaired) electrons. The van der Waals surface area contributed by atoms with Crippen LogP contribution in [0.15, 0.2) is 16.5 Å². The van der Waals surface area contributed by atoms with E-state index in [9.17, 15) is 0 Å². The van der Waals surface area contributed by atoms with Crippen LogP contribution in [0.2, 0.25) is 0 Å². The first-order chi connectivity index (χ1) is 8.81. The quantitative estimate of drug-likeness (QED) is 0.823. The Balaban J connectivity index is 1.65. The molecule has 102 valence electrons. The number of hydrogen-bond acceptors (Lipinski definition) is 4. The lowest BCUT2D eigenvalue weighted by Crippen LogP contribution is -2.26. The van der Waals surface area contributed by atoms with Crippen molar-refractivity contribution in [1.82, 2.24) is 10.2 Å². The second-order valence-corrected chi connectivity index (χ2v) is 5.85. The van der Waals surface area contributed by atoms with Crippen molar-refractivity contribution in [3.63, 3.8) is 0 Å². The maximum absolute atomic E-state index is 5.74. The van der Waals surface area contributed by atoms with Gasteiger partial charge in [-0.05, 0) is 50.4 Å². The van der Waals surface area contributed by atoms with Crippen LogP contribution in [0.25, 0.3) is 0 Å². The van der Waals surface area contributed by atoms with Gasteiger partial charge < -0.3 is 14.6 Å². The molecule has 2 rings (SSSR count). The van der Waals surface area contributed by atoms with Crippen molar-refractivity contribution in [3.8, 4) is 0 Å². The fourth-order valence-electron chi connectivity index (χ4n) is 2.50. The lowest BCUT2D eigenvalue weighted by atomic mass is 10.1. The van der Waals surface area contributed by atoms with Gasteiger partial charge in [-0.15, -0.1) is 0 Å². The number of thioether (sulfide) groups is 1. The minimum atomic E-state index is 0.811. The second-order valence-electron chi connectivity index (χ2n) is 4.98. The van der Waals surface area contributed by atoms with Gasteiger partial charge in [0.2, 0.25) is 0 Å². The third-order valence-electron chi connectivity index (χ3n) is 3.55. The molecule has 3 nitrogen and oxygen atoms in total. The minimum Gasteiger partial charge on any atom is -0.464 e. The van der Waals surface area contributed by atoms with E-state index in [0.717, 1.165) is 36.3 Å². The summed E-state index contributed by atoms with van der Waals surface area (Å²) in [5.74, 6) is 3.92. The van der Waals surface area contributed by atoms with Crippen molar-refractivity contribution >= 4 is 11.8 Å². The molecule has 1 aromatic rings. The topological polar surface area (TPSA) is 28.4 Å². The van der Waals surface area contributed by atoms with Gasteiger partial charge in [0.05, 0.1) is 12.3 Å². The first kappa shape index (κ1) is 14.0. The summed E-state index contributed by atoms with van der Waals surface area (Å²) < 4.78 is 5.74. The normalized spacial score (nSPS) is 20.7. The summed E-state index contributed by atoms with van der Waals surface area (Å²) in [6.07, 6.45) is 3.43. The molecule has 1 aliphatic rings. The molecule has 0 aliphatic carbocycles. The molecule has 1 unspecified atom stereocenters. The average molecular weight is 268 g/mol. The monoisotopic (exact) mass is 268 g/mol. The van der Waals surface area contributed by atoms with Crippen LogP contribution in [0.4, 0.5) is 0 Å². The highest BCUT2D eigenvalue weighted by Gasteiger charge is 2.20. The average Bonchev–Trinajstić information content (AvgIpc) is 2.99. The van der Waals surface area contributed by atoms with Crippen LogP contribution in [-0.2, 0) is 12.3 Å². The van der Waals surface area contributed by atoms with Gasteiger partial charge in [-0.25, -0.2) is 0 Å². The summed E-state index contributed by atoms with van der Waals surface area (Å²) in [7, 11) is 0. The largest absolute Gasteiger partial charge is 0.464 e. The molecule has 1 saturated heterocycles. The number of furan rings is 1. The molecule has 2 heterocycles. The Hall–Kier alpha value is -0.450. The zero-order valence-electron chi connectivity index (χ0n) is 11.4. The van der Waals surface area contributed by atoms with Crippen molar-refractivity contribution in [2.24, 2.45) is 5.92 Å². The maximum Gasteiger partial charge on any atom is 0.117 e. The van der Waals surface area contributed by atoms with E-state index >= 15 is 0 Å². The van der Waals surface area contributed by atoms with Crippen LogP contribution in [0.5, 0.6) is 0 Å². The van der Waals surface area contributed by atoms with Gasteiger partial charge in [-0.3, -0.25) is 0 Å². The van der Waals surface area contributed by atoms with E-state index in [1.54, 1.807) is 11.8 Å². The summed E-state index contributed by atoms with van der Waals surface area (Å²) in [5, 5.41) is 3.52. The van der Waals surface area contributed by atoms with Crippen LogP contribution in [0.3, 0.4) is 0 Å². The number of likely N-dealkylation sites (tertiary alicyclic amines) is 1. The molecule has 4 heteroatoms. The number of rotatable bonds is 7. The summed E-state index contributed by atoms with van der Waals surface area (Å²) in [5.41, 5.74) is 0. The van der Waals surface area contributed by atoms with Crippen LogP contribution >= 0.6 is 11.8 Å². The molecule has 1 atom stereocenters. The molecule has 1 aromatic heterocycles. The van der Waals surface area contributed by atoms with Gasteiger partial charge in [-0.2, -0.15) is 11.8 Å². The Morgan fingerprint density at radius 3 is 3.00 bits per heavy atom. The first-order valence-corrected chi connectivity index (χ1v) is 8.20. The van der Waals surface area contributed by atoms with Crippen LogP contribution < -0.4 is 5.32 Å². The molecule has 0 bridgehead atoms. The lowest BCUT2D eigenvalue weighted by molar-refractivity contribution is 0.337. The Morgan fingerprint density at radius 2 is 2.28 bits per heavy atom. The molecule has 1 aliphatic heterocycles. The van der Waals surface area contributed by atoms with E-state index in [0.29, 0.717) is 0 Å². The third kappa shape index (κ3) is 4.04. The van der Waals surface area contributed by atoms with E-state index < -0.39 is 0 Å². The summed E-state index contributed by atoms with van der Waals surface area (Å²) >= 11 is 1.80. The highest BCUT2D eigenvalue weighted by atomic mass is 32.2. The minimum absolute atomic E-state index is 0.811. The van der Waals surface area contributed by atoms with Crippen molar-refractivity contribution in [2.75, 3.05) is 32.4 Å². The predicted molar refractivity (Wildman–Crippen MR) is 77.9 cm³/mol. The Kier molecular flexibility index (Phi) is 5.60. The fraction of sp³-hybridized carbons (Fsp3) is 0.714. The smallest absolute Gasteiger partial charge is 0.117 e. The molecule has 1 fully saturated rings. The van der Waals surface area contributed by atoms with Crippen LogP contribution in [0.1, 0.15) is 24.9 Å². The molecule has 0 amide bonds. The van der Waals surface area contributed by atoms with E-state index in [1.807, 2.05) is 0 Å². The van der Waals surface area contributed by atoms with E-state index in [1.165, 1.54) is 26.1 Å². The van der Waals surface area contributed by atoms with Crippen LogP contribution in [-0.4, -0.2) is 37.3 Å². The van der Waals surface area contributed by atoms with E-state index in [2.05, 4.69) is 35.5 Å². The van der Waals surface area contributed by atoms with Crippen molar-refractivity contribution < 1.29 is 4.42 Å². The molecular formula is C14H24N2OS. The lowest BCUT2D eigenvalue weighted by Gasteiger charge is -2.13. The van der Waals surface area contributed by atoms with Crippen LogP contribution in [0, 0.1) is 5.92 Å². The standard InChI is InChI=1S/C14H24N2OS/c1-3-16-7-6-12(10-16)8-15-9-13-4-5-14(17-13)11-18-2/h4-5,12,15H,3,6-11H2,1-2H3. The molecular weight excluding hydrogens is 244 g/mol. The molecule has 1 N–H and O–H groups in total. The van der Waals surface area contributed by atoms with E-state index in [-0.39, 0.29) is 0 Å². The van der Waals surface area contributed by atoms with Gasteiger partial charge in [-0.1, -0.05) is 6.92 Å². The van der Waals surface area contributed by atoms with Crippen molar-refractivity contribution in [1.29, 1.82) is 0 Å². The zero-order valence-corrected chi connectivity index (χ0v) is 12.3. The van der Waals surface area contributed by atoms with Gasteiger partial charge in [0.25, 0.3) is 0 Å². The summed E-state index contributed by atoms with van der Waals surface area (Å²) in [6, 6.07) is 4.17. The maximum atomic E-state index is 5.74. The summed E-state index contributed by atoms with van der Waals surface area (Å²) in [4.78, 5) is 2.52. The SMILES string of the molecule is CCN1CCC(CNCc2ccc(CSC)o2)C1. The first-order valence-electron chi connectivity index (χ1n) is 6.81. The molecule has 18 heavy (non-hydrogen) atoms. The zero-order chi connectivity index (χ0) is 12.8. The number of hydrogen-bond donors (Lipinski definition) is 1. The Bertz CT molecular complexity index is 353. The second kappa shape index (κ2) is 7.22.